The Kier molecular flexibility index (Phi) is 3.58. The van der Waals surface area contributed by atoms with Gasteiger partial charge in [-0.2, -0.15) is 0 Å². The molecular formula is C12H19NO3S. The number of nitrogens with one attached hydrogen (secondary N) is 1. The standard InChI is InChI=1S/C12H19NO3S/c1-9-5-6-12(16-9)10(2)13-11-4-3-7-17(14,15)8-11/h5-6,10-11,13H,3-4,7-8H2,1-2H3. The molecule has 1 aliphatic heterocycles. The summed E-state index contributed by atoms with van der Waals surface area (Å²) in [6.07, 6.45) is 1.67. The van der Waals surface area contributed by atoms with Gasteiger partial charge in [-0.15, -0.1) is 0 Å². The van der Waals surface area contributed by atoms with Crippen LogP contribution in [0.3, 0.4) is 0 Å². The maximum atomic E-state index is 11.5. The molecule has 1 fully saturated rings. The van der Waals surface area contributed by atoms with Crippen LogP contribution in [0.2, 0.25) is 0 Å². The van der Waals surface area contributed by atoms with Crippen molar-refractivity contribution in [1.29, 1.82) is 0 Å². The number of aryl methyl sites for hydroxylation is 1. The van der Waals surface area contributed by atoms with E-state index < -0.39 is 9.84 Å². The van der Waals surface area contributed by atoms with Gasteiger partial charge in [0.25, 0.3) is 0 Å². The highest BCUT2D eigenvalue weighted by molar-refractivity contribution is 7.91. The van der Waals surface area contributed by atoms with E-state index in [1.165, 1.54) is 0 Å². The lowest BCUT2D eigenvalue weighted by Crippen LogP contribution is -2.41. The molecule has 5 heteroatoms. The molecule has 0 amide bonds. The Balaban J connectivity index is 1.97. The molecule has 96 valence electrons. The van der Waals surface area contributed by atoms with Crippen LogP contribution in [0.25, 0.3) is 0 Å². The SMILES string of the molecule is Cc1ccc(C(C)NC2CCCS(=O)(=O)C2)o1. The molecule has 4 nitrogen and oxygen atoms in total. The smallest absolute Gasteiger partial charge is 0.151 e. The first-order chi connectivity index (χ1) is 7.96. The van der Waals surface area contributed by atoms with Gasteiger partial charge in [-0.25, -0.2) is 8.42 Å². The van der Waals surface area contributed by atoms with Gasteiger partial charge in [-0.1, -0.05) is 0 Å². The van der Waals surface area contributed by atoms with E-state index in [0.717, 1.165) is 24.4 Å². The number of furan rings is 1. The first-order valence-electron chi connectivity index (χ1n) is 5.99. The Hall–Kier alpha value is -0.810. The highest BCUT2D eigenvalue weighted by Crippen LogP contribution is 2.19. The Morgan fingerprint density at radius 3 is 2.82 bits per heavy atom. The molecule has 2 heterocycles. The summed E-state index contributed by atoms with van der Waals surface area (Å²) in [5, 5.41) is 3.33. The average molecular weight is 257 g/mol. The fraction of sp³-hybridized carbons (Fsp3) is 0.667. The Labute approximate surface area is 102 Å². The number of sulfone groups is 1. The Morgan fingerprint density at radius 1 is 1.47 bits per heavy atom. The van der Waals surface area contributed by atoms with Crippen LogP contribution in [0, 0.1) is 6.92 Å². The summed E-state index contributed by atoms with van der Waals surface area (Å²) in [6.45, 7) is 3.90. The molecule has 0 aromatic carbocycles. The van der Waals surface area contributed by atoms with Crippen molar-refractivity contribution in [2.24, 2.45) is 0 Å². The monoisotopic (exact) mass is 257 g/mol. The van der Waals surface area contributed by atoms with E-state index in [1.807, 2.05) is 26.0 Å². The summed E-state index contributed by atoms with van der Waals surface area (Å²) in [6, 6.07) is 3.96. The van der Waals surface area contributed by atoms with Gasteiger partial charge in [0, 0.05) is 6.04 Å². The predicted octanol–water partition coefficient (Wildman–Crippen LogP) is 1.82. The zero-order valence-electron chi connectivity index (χ0n) is 10.3. The van der Waals surface area contributed by atoms with E-state index in [2.05, 4.69) is 5.32 Å². The Bertz CT molecular complexity index is 478. The van der Waals surface area contributed by atoms with Crippen molar-refractivity contribution in [2.75, 3.05) is 11.5 Å². The molecule has 1 saturated heterocycles. The minimum atomic E-state index is -2.85. The minimum Gasteiger partial charge on any atom is -0.465 e. The van der Waals surface area contributed by atoms with E-state index in [-0.39, 0.29) is 17.8 Å². The lowest BCUT2D eigenvalue weighted by Gasteiger charge is -2.25. The van der Waals surface area contributed by atoms with E-state index in [0.29, 0.717) is 5.75 Å². The minimum absolute atomic E-state index is 0.0501. The topological polar surface area (TPSA) is 59.3 Å². The summed E-state index contributed by atoms with van der Waals surface area (Å²) in [4.78, 5) is 0. The van der Waals surface area contributed by atoms with Crippen LogP contribution in [0.4, 0.5) is 0 Å². The van der Waals surface area contributed by atoms with Crippen molar-refractivity contribution < 1.29 is 12.8 Å². The molecule has 2 atom stereocenters. The van der Waals surface area contributed by atoms with Crippen molar-refractivity contribution in [3.05, 3.63) is 23.7 Å². The fourth-order valence-corrected chi connectivity index (χ4v) is 3.93. The molecule has 17 heavy (non-hydrogen) atoms. The summed E-state index contributed by atoms with van der Waals surface area (Å²) in [7, 11) is -2.85. The third kappa shape index (κ3) is 3.33. The van der Waals surface area contributed by atoms with E-state index in [9.17, 15) is 8.42 Å². The number of hydrogen-bond donors (Lipinski definition) is 1. The van der Waals surface area contributed by atoms with Gasteiger partial charge in [0.2, 0.25) is 0 Å². The molecule has 1 aromatic rings. The lowest BCUT2D eigenvalue weighted by atomic mass is 10.1. The van der Waals surface area contributed by atoms with Crippen molar-refractivity contribution in [3.8, 4) is 0 Å². The van der Waals surface area contributed by atoms with Crippen LogP contribution in [0.15, 0.2) is 16.5 Å². The van der Waals surface area contributed by atoms with E-state index >= 15 is 0 Å². The molecule has 0 spiro atoms. The first-order valence-corrected chi connectivity index (χ1v) is 7.81. The van der Waals surface area contributed by atoms with Gasteiger partial charge in [0.1, 0.15) is 11.5 Å². The van der Waals surface area contributed by atoms with Crippen molar-refractivity contribution in [1.82, 2.24) is 5.32 Å². The van der Waals surface area contributed by atoms with Gasteiger partial charge < -0.3 is 9.73 Å². The molecule has 0 radical (unpaired) electrons. The van der Waals surface area contributed by atoms with Crippen LogP contribution in [0.5, 0.6) is 0 Å². The van der Waals surface area contributed by atoms with Crippen LogP contribution < -0.4 is 5.32 Å². The molecule has 1 aliphatic rings. The summed E-state index contributed by atoms with van der Waals surface area (Å²) >= 11 is 0. The van der Waals surface area contributed by atoms with Crippen LogP contribution in [-0.4, -0.2) is 26.0 Å². The van der Waals surface area contributed by atoms with Crippen molar-refractivity contribution in [2.45, 2.75) is 38.8 Å². The highest BCUT2D eigenvalue weighted by Gasteiger charge is 2.26. The molecule has 1 aromatic heterocycles. The van der Waals surface area contributed by atoms with Crippen molar-refractivity contribution in [3.63, 3.8) is 0 Å². The van der Waals surface area contributed by atoms with Crippen LogP contribution >= 0.6 is 0 Å². The largest absolute Gasteiger partial charge is 0.465 e. The summed E-state index contributed by atoms with van der Waals surface area (Å²) in [5.41, 5.74) is 0. The second-order valence-corrected chi connectivity index (χ2v) is 7.02. The molecule has 2 rings (SSSR count). The molecule has 0 aliphatic carbocycles. The third-order valence-electron chi connectivity index (χ3n) is 3.14. The molecule has 0 bridgehead atoms. The maximum Gasteiger partial charge on any atom is 0.151 e. The van der Waals surface area contributed by atoms with Gasteiger partial charge in [0.15, 0.2) is 9.84 Å². The third-order valence-corrected chi connectivity index (χ3v) is 4.96. The second-order valence-electron chi connectivity index (χ2n) is 4.79. The number of rotatable bonds is 3. The summed E-state index contributed by atoms with van der Waals surface area (Å²) < 4.78 is 28.6. The zero-order valence-corrected chi connectivity index (χ0v) is 11.1. The predicted molar refractivity (Wildman–Crippen MR) is 66.7 cm³/mol. The molecular weight excluding hydrogens is 238 g/mol. The molecule has 2 unspecified atom stereocenters. The number of hydrogen-bond acceptors (Lipinski definition) is 4. The highest BCUT2D eigenvalue weighted by atomic mass is 32.2. The van der Waals surface area contributed by atoms with Crippen LogP contribution in [-0.2, 0) is 9.84 Å². The van der Waals surface area contributed by atoms with Crippen molar-refractivity contribution >= 4 is 9.84 Å². The average Bonchev–Trinajstić information content (AvgIpc) is 2.63. The molecule has 1 N–H and O–H groups in total. The van der Waals surface area contributed by atoms with E-state index in [1.54, 1.807) is 0 Å². The fourth-order valence-electron chi connectivity index (χ4n) is 2.28. The Morgan fingerprint density at radius 2 is 2.24 bits per heavy atom. The second kappa shape index (κ2) is 4.82. The first kappa shape index (κ1) is 12.6. The maximum absolute atomic E-state index is 11.5. The van der Waals surface area contributed by atoms with Crippen LogP contribution in [0.1, 0.15) is 37.3 Å². The normalized spacial score (nSPS) is 25.6. The van der Waals surface area contributed by atoms with Gasteiger partial charge >= 0.3 is 0 Å². The van der Waals surface area contributed by atoms with Gasteiger partial charge in [-0.05, 0) is 38.8 Å². The van der Waals surface area contributed by atoms with E-state index in [4.69, 9.17) is 4.42 Å². The zero-order chi connectivity index (χ0) is 12.5. The quantitative estimate of drug-likeness (QED) is 0.897. The molecule has 0 saturated carbocycles. The lowest BCUT2D eigenvalue weighted by molar-refractivity contribution is 0.374. The van der Waals surface area contributed by atoms with Gasteiger partial charge in [0.05, 0.1) is 17.5 Å². The van der Waals surface area contributed by atoms with Gasteiger partial charge in [-0.3, -0.25) is 0 Å². The summed E-state index contributed by atoms with van der Waals surface area (Å²) in [5.74, 6) is 2.33.